The van der Waals surface area contributed by atoms with E-state index in [1.54, 1.807) is 18.2 Å². The summed E-state index contributed by atoms with van der Waals surface area (Å²) in [6.45, 7) is 8.68. The normalized spacial score (nSPS) is 25.1. The van der Waals surface area contributed by atoms with Crippen LogP contribution in [0.2, 0.25) is 5.02 Å². The highest BCUT2D eigenvalue weighted by Gasteiger charge is 2.44. The average Bonchev–Trinajstić information content (AvgIpc) is 3.09. The van der Waals surface area contributed by atoms with Crippen LogP contribution in [-0.4, -0.2) is 53.5 Å². The molecule has 2 aromatic carbocycles. The van der Waals surface area contributed by atoms with Crippen LogP contribution in [0.5, 0.6) is 5.75 Å². The number of sulfonamides is 1. The zero-order valence-corrected chi connectivity index (χ0v) is 27.6. The van der Waals surface area contributed by atoms with Crippen molar-refractivity contribution in [2.24, 2.45) is 17.8 Å². The van der Waals surface area contributed by atoms with Crippen LogP contribution in [0.4, 0.5) is 5.69 Å². The van der Waals surface area contributed by atoms with E-state index in [4.69, 9.17) is 21.1 Å². The number of anilines is 1. The highest BCUT2D eigenvalue weighted by atomic mass is 35.5. The van der Waals surface area contributed by atoms with Gasteiger partial charge in [0.05, 0.1) is 24.7 Å². The first kappa shape index (κ1) is 31.9. The number of carbonyl (C=O) groups is 1. The second kappa shape index (κ2) is 12.8. The van der Waals surface area contributed by atoms with E-state index in [9.17, 15) is 13.2 Å². The summed E-state index contributed by atoms with van der Waals surface area (Å²) in [6.07, 6.45) is 9.72. The molecule has 3 aliphatic rings. The Bertz CT molecular complexity index is 1490. The van der Waals surface area contributed by atoms with Crippen molar-refractivity contribution < 1.29 is 22.7 Å². The van der Waals surface area contributed by atoms with E-state index in [0.717, 1.165) is 68.6 Å². The molecule has 5 atom stereocenters. The lowest BCUT2D eigenvalue weighted by molar-refractivity contribution is 0.00601. The fourth-order valence-electron chi connectivity index (χ4n) is 7.35. The molecular formula is C34H45ClN2O5S. The summed E-state index contributed by atoms with van der Waals surface area (Å²) in [6, 6.07) is 11.5. The lowest BCUT2D eigenvalue weighted by Crippen LogP contribution is -2.50. The van der Waals surface area contributed by atoms with Gasteiger partial charge in [-0.25, -0.2) is 13.1 Å². The predicted octanol–water partition coefficient (Wildman–Crippen LogP) is 6.54. The molecule has 1 fully saturated rings. The van der Waals surface area contributed by atoms with Gasteiger partial charge in [-0.3, -0.25) is 4.79 Å². The van der Waals surface area contributed by atoms with Crippen LogP contribution in [0.1, 0.15) is 74.4 Å². The second-order valence-electron chi connectivity index (χ2n) is 12.9. The number of hydrogen-bond acceptors (Lipinski definition) is 6. The minimum Gasteiger partial charge on any atom is -0.490 e. The van der Waals surface area contributed by atoms with Crippen LogP contribution in [0.3, 0.4) is 0 Å². The Morgan fingerprint density at radius 3 is 2.72 bits per heavy atom. The lowest BCUT2D eigenvalue weighted by atomic mass is 9.67. The minimum absolute atomic E-state index is 0.0637. The Morgan fingerprint density at radius 1 is 1.26 bits per heavy atom. The van der Waals surface area contributed by atoms with Crippen LogP contribution in [-0.2, 0) is 26.6 Å². The van der Waals surface area contributed by atoms with E-state index in [1.807, 2.05) is 13.2 Å². The van der Waals surface area contributed by atoms with Crippen molar-refractivity contribution in [2.75, 3.05) is 38.0 Å². The first-order valence-corrected chi connectivity index (χ1v) is 17.7. The number of nitrogens with one attached hydrogen (secondary N) is 1. The zero-order valence-electron chi connectivity index (χ0n) is 26.0. The maximum Gasteiger partial charge on any atom is 0.264 e. The Balaban J connectivity index is 1.51. The van der Waals surface area contributed by atoms with E-state index in [2.05, 4.69) is 48.6 Å². The van der Waals surface area contributed by atoms with E-state index in [1.165, 1.54) is 16.7 Å². The molecule has 1 spiro atoms. The lowest BCUT2D eigenvalue weighted by Gasteiger charge is -2.46. The molecule has 1 heterocycles. The fraction of sp³-hybridized carbons (Fsp3) is 0.559. The van der Waals surface area contributed by atoms with Gasteiger partial charge in [-0.2, -0.15) is 0 Å². The summed E-state index contributed by atoms with van der Waals surface area (Å²) in [4.78, 5) is 15.3. The summed E-state index contributed by atoms with van der Waals surface area (Å²) >= 11 is 6.41. The maximum absolute atomic E-state index is 12.9. The van der Waals surface area contributed by atoms with Crippen LogP contribution < -0.4 is 14.4 Å². The number of amides is 1. The number of aryl methyl sites for hydroxylation is 1. The molecule has 43 heavy (non-hydrogen) atoms. The SMILES string of the molecule is CCC(C)/C=C(\C)[C@@H](OC)[C@@H]1CC[C@H]1CN1C[C@@]2(CCCc3cc(Cl)ccc32)COc2ccc(C(=O)NS(C)(=O)=O)cc21. The predicted molar refractivity (Wildman–Crippen MR) is 173 cm³/mol. The van der Waals surface area contributed by atoms with Crippen LogP contribution in [0.25, 0.3) is 0 Å². The molecule has 9 heteroatoms. The Kier molecular flexibility index (Phi) is 9.50. The molecule has 0 saturated heterocycles. The molecule has 1 aliphatic heterocycles. The Hall–Kier alpha value is -2.55. The van der Waals surface area contributed by atoms with E-state index < -0.39 is 15.9 Å². The molecule has 5 rings (SSSR count). The third kappa shape index (κ3) is 6.91. The van der Waals surface area contributed by atoms with E-state index in [-0.39, 0.29) is 17.1 Å². The molecular weight excluding hydrogens is 584 g/mol. The number of hydrogen-bond donors (Lipinski definition) is 1. The smallest absolute Gasteiger partial charge is 0.264 e. The minimum atomic E-state index is -3.70. The van der Waals surface area contributed by atoms with Crippen molar-refractivity contribution >= 4 is 33.2 Å². The molecule has 2 aliphatic carbocycles. The molecule has 0 bridgehead atoms. The second-order valence-corrected chi connectivity index (χ2v) is 15.1. The molecule has 234 valence electrons. The molecule has 2 aromatic rings. The quantitative estimate of drug-likeness (QED) is 0.318. The molecule has 7 nitrogen and oxygen atoms in total. The summed E-state index contributed by atoms with van der Waals surface area (Å²) < 4.78 is 38.4. The maximum atomic E-state index is 12.9. The average molecular weight is 629 g/mol. The first-order valence-electron chi connectivity index (χ1n) is 15.5. The van der Waals surface area contributed by atoms with Crippen molar-refractivity contribution in [1.82, 2.24) is 4.72 Å². The van der Waals surface area contributed by atoms with Gasteiger partial charge in [-0.1, -0.05) is 44.0 Å². The first-order chi connectivity index (χ1) is 20.4. The number of carbonyl (C=O) groups excluding carboxylic acids is 1. The molecule has 0 aromatic heterocycles. The number of allylic oxidation sites excluding steroid dienone is 1. The standard InChI is InChI=1S/C34H45ClN2O5S/c1-6-22(2)16-23(3)32(41-4)28-12-9-26(28)19-37-20-34(15-7-8-24-17-27(35)11-13-29(24)34)21-42-31-14-10-25(18-30(31)37)33(38)36-43(5,39)40/h10-11,13-14,16-18,22,26,28,32H,6-9,12,15,19-21H2,1-5H3,(H,36,38)/b23-16+/t22?,26-,28+,32+,34-/m0/s1. The van der Waals surface area contributed by atoms with Gasteiger partial charge in [0.25, 0.3) is 5.91 Å². The molecule has 1 unspecified atom stereocenters. The molecule has 1 N–H and O–H groups in total. The molecule has 0 radical (unpaired) electrons. The molecule has 1 saturated carbocycles. The van der Waals surface area contributed by atoms with Gasteiger partial charge in [-0.05, 0) is 104 Å². The van der Waals surface area contributed by atoms with Crippen molar-refractivity contribution in [3.63, 3.8) is 0 Å². The van der Waals surface area contributed by atoms with Crippen molar-refractivity contribution in [3.05, 3.63) is 69.8 Å². The third-order valence-corrected chi connectivity index (χ3v) is 10.6. The van der Waals surface area contributed by atoms with E-state index in [0.29, 0.717) is 30.1 Å². The van der Waals surface area contributed by atoms with Gasteiger partial charge in [0.1, 0.15) is 5.75 Å². The topological polar surface area (TPSA) is 84.9 Å². The number of rotatable bonds is 9. The summed E-state index contributed by atoms with van der Waals surface area (Å²) in [7, 11) is -1.89. The highest BCUT2D eigenvalue weighted by molar-refractivity contribution is 7.89. The zero-order chi connectivity index (χ0) is 30.9. The number of ether oxygens (including phenoxy) is 2. The molecule has 1 amide bonds. The summed E-state index contributed by atoms with van der Waals surface area (Å²) in [5, 5.41) is 0.746. The van der Waals surface area contributed by atoms with Crippen LogP contribution >= 0.6 is 11.6 Å². The highest BCUT2D eigenvalue weighted by Crippen LogP contribution is 2.47. The van der Waals surface area contributed by atoms with Gasteiger partial charge in [0.2, 0.25) is 10.0 Å². The van der Waals surface area contributed by atoms with Crippen molar-refractivity contribution in [2.45, 2.75) is 70.8 Å². The van der Waals surface area contributed by atoms with Crippen LogP contribution in [0.15, 0.2) is 48.0 Å². The van der Waals surface area contributed by atoms with Gasteiger partial charge in [0.15, 0.2) is 0 Å². The summed E-state index contributed by atoms with van der Waals surface area (Å²) in [5.41, 5.74) is 4.72. The number of halogens is 1. The van der Waals surface area contributed by atoms with Gasteiger partial charge in [-0.15, -0.1) is 0 Å². The third-order valence-electron chi connectivity index (χ3n) is 9.79. The van der Waals surface area contributed by atoms with Crippen molar-refractivity contribution in [1.29, 1.82) is 0 Å². The number of fused-ring (bicyclic) bond motifs is 3. The number of methoxy groups -OCH3 is 1. The van der Waals surface area contributed by atoms with Crippen LogP contribution in [0, 0.1) is 17.8 Å². The Morgan fingerprint density at radius 2 is 2.05 bits per heavy atom. The van der Waals surface area contributed by atoms with E-state index >= 15 is 0 Å². The Labute approximate surface area is 262 Å². The van der Waals surface area contributed by atoms with Gasteiger partial charge >= 0.3 is 0 Å². The summed E-state index contributed by atoms with van der Waals surface area (Å²) in [5.74, 6) is 1.36. The fourth-order valence-corrected chi connectivity index (χ4v) is 7.99. The number of benzene rings is 2. The van der Waals surface area contributed by atoms with Gasteiger partial charge in [0, 0.05) is 36.2 Å². The largest absolute Gasteiger partial charge is 0.490 e. The van der Waals surface area contributed by atoms with Gasteiger partial charge < -0.3 is 14.4 Å². The monoisotopic (exact) mass is 628 g/mol. The number of nitrogens with zero attached hydrogens (tertiary/aromatic N) is 1. The van der Waals surface area contributed by atoms with Crippen molar-refractivity contribution in [3.8, 4) is 5.75 Å².